The van der Waals surface area contributed by atoms with Crippen molar-refractivity contribution < 1.29 is 0 Å². The minimum atomic E-state index is 0.851. The minimum Gasteiger partial charge on any atom is -0.337 e. The summed E-state index contributed by atoms with van der Waals surface area (Å²) < 4.78 is 3.01. The third-order valence-electron chi connectivity index (χ3n) is 2.06. The maximum absolute atomic E-state index is 5.13. The van der Waals surface area contributed by atoms with Crippen LogP contribution in [0.4, 0.5) is 0 Å². The highest BCUT2D eigenvalue weighted by atomic mass is 32.1. The molecule has 0 saturated heterocycles. The van der Waals surface area contributed by atoms with Crippen LogP contribution in [0.15, 0.2) is 6.20 Å². The number of aromatic amines is 1. The first-order valence-electron chi connectivity index (χ1n) is 4.50. The van der Waals surface area contributed by atoms with Gasteiger partial charge in [-0.25, -0.2) is 0 Å². The number of hydrogen-bond donors (Lipinski definition) is 1. The van der Waals surface area contributed by atoms with Crippen LogP contribution in [0.5, 0.6) is 0 Å². The average molecular weight is 184 g/mol. The van der Waals surface area contributed by atoms with Gasteiger partial charge in [0.15, 0.2) is 4.77 Å². The highest BCUT2D eigenvalue weighted by Crippen LogP contribution is 2.03. The summed E-state index contributed by atoms with van der Waals surface area (Å²) in [4.78, 5) is 3.04. The Balaban J connectivity index is 2.56. The van der Waals surface area contributed by atoms with Gasteiger partial charge in [-0.05, 0) is 25.6 Å². The summed E-state index contributed by atoms with van der Waals surface area (Å²) >= 11 is 5.13. The summed E-state index contributed by atoms with van der Waals surface area (Å²) in [7, 11) is 0. The molecule has 0 atom stereocenters. The van der Waals surface area contributed by atoms with Crippen molar-refractivity contribution >= 4 is 12.2 Å². The Labute approximate surface area is 78.6 Å². The van der Waals surface area contributed by atoms with Gasteiger partial charge < -0.3 is 9.55 Å². The fraction of sp³-hybridized carbons (Fsp3) is 0.667. The second-order valence-electron chi connectivity index (χ2n) is 3.09. The van der Waals surface area contributed by atoms with E-state index in [1.54, 1.807) is 0 Å². The van der Waals surface area contributed by atoms with Crippen molar-refractivity contribution in [3.05, 3.63) is 16.7 Å². The highest BCUT2D eigenvalue weighted by Gasteiger charge is 1.97. The summed E-state index contributed by atoms with van der Waals surface area (Å²) in [5.74, 6) is 0. The molecule has 0 aliphatic rings. The summed E-state index contributed by atoms with van der Waals surface area (Å²) in [5.41, 5.74) is 1.23. The molecule has 0 fully saturated rings. The van der Waals surface area contributed by atoms with Gasteiger partial charge in [0, 0.05) is 18.4 Å². The highest BCUT2D eigenvalue weighted by molar-refractivity contribution is 7.71. The zero-order valence-corrected chi connectivity index (χ0v) is 8.58. The summed E-state index contributed by atoms with van der Waals surface area (Å²) in [6.07, 6.45) is 5.74. The van der Waals surface area contributed by atoms with Crippen LogP contribution >= 0.6 is 12.2 Å². The zero-order valence-electron chi connectivity index (χ0n) is 7.76. The maximum Gasteiger partial charge on any atom is 0.177 e. The lowest BCUT2D eigenvalue weighted by atomic mass is 10.2. The molecular weight excluding hydrogens is 168 g/mol. The lowest BCUT2D eigenvalue weighted by Crippen LogP contribution is -1.99. The van der Waals surface area contributed by atoms with Gasteiger partial charge in [0.2, 0.25) is 0 Å². The van der Waals surface area contributed by atoms with E-state index >= 15 is 0 Å². The molecule has 0 saturated carbocycles. The first kappa shape index (κ1) is 9.52. The Morgan fingerprint density at radius 2 is 2.25 bits per heavy atom. The molecule has 1 aromatic heterocycles. The number of rotatable bonds is 4. The standard InChI is InChI=1S/C9H16N2S/c1-3-4-5-6-11-8(2)7-10-9(11)12/h7H,3-6H2,1-2H3,(H,10,12). The van der Waals surface area contributed by atoms with Gasteiger partial charge in [-0.3, -0.25) is 0 Å². The number of nitrogens with zero attached hydrogens (tertiary/aromatic N) is 1. The van der Waals surface area contributed by atoms with Gasteiger partial charge in [0.05, 0.1) is 0 Å². The van der Waals surface area contributed by atoms with Crippen molar-refractivity contribution in [1.82, 2.24) is 9.55 Å². The quantitative estimate of drug-likeness (QED) is 0.563. The number of unbranched alkanes of at least 4 members (excludes halogenated alkanes) is 2. The lowest BCUT2D eigenvalue weighted by Gasteiger charge is -2.03. The number of aromatic nitrogens is 2. The van der Waals surface area contributed by atoms with Crippen LogP contribution in [0.2, 0.25) is 0 Å². The van der Waals surface area contributed by atoms with E-state index in [1.807, 2.05) is 6.20 Å². The van der Waals surface area contributed by atoms with Gasteiger partial charge in [-0.1, -0.05) is 19.8 Å². The second kappa shape index (κ2) is 4.45. The van der Waals surface area contributed by atoms with Crippen molar-refractivity contribution in [3.63, 3.8) is 0 Å². The maximum atomic E-state index is 5.13. The van der Waals surface area contributed by atoms with Crippen LogP contribution in [0.25, 0.3) is 0 Å². The van der Waals surface area contributed by atoms with Crippen molar-refractivity contribution in [2.75, 3.05) is 0 Å². The Hall–Kier alpha value is -0.570. The van der Waals surface area contributed by atoms with Gasteiger partial charge in [-0.2, -0.15) is 0 Å². The van der Waals surface area contributed by atoms with E-state index in [-0.39, 0.29) is 0 Å². The molecular formula is C9H16N2S. The van der Waals surface area contributed by atoms with Gasteiger partial charge in [0.25, 0.3) is 0 Å². The minimum absolute atomic E-state index is 0.851. The average Bonchev–Trinajstić information content (AvgIpc) is 2.35. The SMILES string of the molecule is CCCCCn1c(C)c[nH]c1=S. The topological polar surface area (TPSA) is 20.7 Å². The summed E-state index contributed by atoms with van der Waals surface area (Å²) in [5, 5.41) is 0. The second-order valence-corrected chi connectivity index (χ2v) is 3.48. The van der Waals surface area contributed by atoms with E-state index in [0.29, 0.717) is 0 Å². The fourth-order valence-corrected chi connectivity index (χ4v) is 1.57. The number of nitrogens with one attached hydrogen (secondary N) is 1. The Kier molecular flexibility index (Phi) is 3.53. The molecule has 1 N–H and O–H groups in total. The first-order chi connectivity index (χ1) is 5.75. The Morgan fingerprint density at radius 1 is 1.50 bits per heavy atom. The molecule has 1 rings (SSSR count). The van der Waals surface area contributed by atoms with Crippen LogP contribution in [0, 0.1) is 11.7 Å². The van der Waals surface area contributed by atoms with E-state index < -0.39 is 0 Å². The molecule has 2 nitrogen and oxygen atoms in total. The lowest BCUT2D eigenvalue weighted by molar-refractivity contribution is 0.587. The number of H-pyrrole nitrogens is 1. The molecule has 0 spiro atoms. The van der Waals surface area contributed by atoms with Crippen LogP contribution in [-0.2, 0) is 6.54 Å². The fourth-order valence-electron chi connectivity index (χ4n) is 1.28. The van der Waals surface area contributed by atoms with E-state index in [4.69, 9.17) is 12.2 Å². The van der Waals surface area contributed by atoms with Crippen molar-refractivity contribution in [1.29, 1.82) is 0 Å². The van der Waals surface area contributed by atoms with E-state index in [2.05, 4.69) is 23.4 Å². The van der Waals surface area contributed by atoms with Crippen LogP contribution in [0.1, 0.15) is 31.9 Å². The molecule has 0 aliphatic carbocycles. The molecule has 1 aromatic rings. The molecule has 0 bridgehead atoms. The van der Waals surface area contributed by atoms with Crippen LogP contribution in [-0.4, -0.2) is 9.55 Å². The number of hydrogen-bond acceptors (Lipinski definition) is 1. The molecule has 1 heterocycles. The molecule has 3 heteroatoms. The van der Waals surface area contributed by atoms with E-state index in [9.17, 15) is 0 Å². The Morgan fingerprint density at radius 3 is 2.75 bits per heavy atom. The molecule has 0 unspecified atom stereocenters. The molecule has 0 aliphatic heterocycles. The van der Waals surface area contributed by atoms with Gasteiger partial charge >= 0.3 is 0 Å². The molecule has 0 aromatic carbocycles. The molecule has 0 radical (unpaired) electrons. The largest absolute Gasteiger partial charge is 0.337 e. The summed E-state index contributed by atoms with van der Waals surface area (Å²) in [6.45, 7) is 5.35. The van der Waals surface area contributed by atoms with Gasteiger partial charge in [-0.15, -0.1) is 0 Å². The van der Waals surface area contributed by atoms with Crippen molar-refractivity contribution in [3.8, 4) is 0 Å². The molecule has 68 valence electrons. The van der Waals surface area contributed by atoms with Crippen LogP contribution in [0.3, 0.4) is 0 Å². The van der Waals surface area contributed by atoms with Crippen LogP contribution < -0.4 is 0 Å². The van der Waals surface area contributed by atoms with Gasteiger partial charge in [0.1, 0.15) is 0 Å². The predicted octanol–water partition coefficient (Wildman–Crippen LogP) is 3.04. The van der Waals surface area contributed by atoms with E-state index in [0.717, 1.165) is 11.3 Å². The summed E-state index contributed by atoms with van der Waals surface area (Å²) in [6, 6.07) is 0. The first-order valence-corrected chi connectivity index (χ1v) is 4.91. The predicted molar refractivity (Wildman–Crippen MR) is 53.9 cm³/mol. The molecule has 12 heavy (non-hydrogen) atoms. The number of imidazole rings is 1. The third-order valence-corrected chi connectivity index (χ3v) is 2.40. The zero-order chi connectivity index (χ0) is 8.97. The van der Waals surface area contributed by atoms with Crippen molar-refractivity contribution in [2.45, 2.75) is 39.7 Å². The molecule has 0 amide bonds. The smallest absolute Gasteiger partial charge is 0.177 e. The van der Waals surface area contributed by atoms with Crippen molar-refractivity contribution in [2.24, 2.45) is 0 Å². The monoisotopic (exact) mass is 184 g/mol. The number of aryl methyl sites for hydroxylation is 1. The normalized spacial score (nSPS) is 10.5. The van der Waals surface area contributed by atoms with E-state index in [1.165, 1.54) is 25.0 Å². The third kappa shape index (κ3) is 2.21. The Bertz CT molecular complexity index is 285.